The summed E-state index contributed by atoms with van der Waals surface area (Å²) < 4.78 is 0. The SMILES string of the molecule is CN(CC(N)=O)C(=O)CCc1cccc(Cl)c1. The molecule has 0 saturated heterocycles. The zero-order valence-corrected chi connectivity index (χ0v) is 10.4. The zero-order valence-electron chi connectivity index (χ0n) is 9.65. The Balaban J connectivity index is 2.45. The van der Waals surface area contributed by atoms with Crippen LogP contribution in [-0.4, -0.2) is 30.3 Å². The number of aryl methyl sites for hydroxylation is 1. The molecule has 0 heterocycles. The van der Waals surface area contributed by atoms with Crippen LogP contribution in [0.25, 0.3) is 0 Å². The summed E-state index contributed by atoms with van der Waals surface area (Å²) in [6.07, 6.45) is 0.937. The molecule has 0 aromatic heterocycles. The van der Waals surface area contributed by atoms with Crippen LogP contribution in [0, 0.1) is 0 Å². The van der Waals surface area contributed by atoms with Crippen molar-refractivity contribution in [2.75, 3.05) is 13.6 Å². The number of nitrogens with two attached hydrogens (primary N) is 1. The summed E-state index contributed by atoms with van der Waals surface area (Å²) in [6.45, 7) is -0.0472. The van der Waals surface area contributed by atoms with Crippen molar-refractivity contribution in [3.63, 3.8) is 0 Å². The number of carbonyl (C=O) groups is 2. The van der Waals surface area contributed by atoms with Crippen LogP contribution in [0.15, 0.2) is 24.3 Å². The first-order valence-corrected chi connectivity index (χ1v) is 5.63. The molecule has 0 radical (unpaired) electrons. The minimum atomic E-state index is -0.511. The summed E-state index contributed by atoms with van der Waals surface area (Å²) in [5.41, 5.74) is 6.01. The van der Waals surface area contributed by atoms with Crippen LogP contribution in [0.1, 0.15) is 12.0 Å². The van der Waals surface area contributed by atoms with E-state index in [9.17, 15) is 9.59 Å². The van der Waals surface area contributed by atoms with E-state index < -0.39 is 5.91 Å². The highest BCUT2D eigenvalue weighted by Crippen LogP contribution is 2.12. The minimum absolute atomic E-state index is 0.0472. The number of halogens is 1. The molecule has 0 aliphatic heterocycles. The number of hydrogen-bond donors (Lipinski definition) is 1. The van der Waals surface area contributed by atoms with Crippen molar-refractivity contribution in [1.29, 1.82) is 0 Å². The molecule has 2 N–H and O–H groups in total. The topological polar surface area (TPSA) is 63.4 Å². The van der Waals surface area contributed by atoms with Gasteiger partial charge >= 0.3 is 0 Å². The van der Waals surface area contributed by atoms with Gasteiger partial charge in [0.15, 0.2) is 0 Å². The van der Waals surface area contributed by atoms with Gasteiger partial charge < -0.3 is 10.6 Å². The van der Waals surface area contributed by atoms with Gasteiger partial charge in [0.2, 0.25) is 11.8 Å². The monoisotopic (exact) mass is 254 g/mol. The molecule has 1 aromatic rings. The van der Waals surface area contributed by atoms with Crippen molar-refractivity contribution < 1.29 is 9.59 Å². The van der Waals surface area contributed by atoms with E-state index in [-0.39, 0.29) is 12.5 Å². The molecule has 0 spiro atoms. The molecule has 0 bridgehead atoms. The molecule has 0 saturated carbocycles. The van der Waals surface area contributed by atoms with Crippen molar-refractivity contribution in [2.24, 2.45) is 5.73 Å². The Morgan fingerprint density at radius 1 is 1.41 bits per heavy atom. The summed E-state index contributed by atoms with van der Waals surface area (Å²) in [4.78, 5) is 23.6. The van der Waals surface area contributed by atoms with E-state index in [1.165, 1.54) is 4.90 Å². The van der Waals surface area contributed by atoms with Gasteiger partial charge in [0.1, 0.15) is 0 Å². The smallest absolute Gasteiger partial charge is 0.237 e. The predicted octanol–water partition coefficient (Wildman–Crippen LogP) is 1.22. The number of rotatable bonds is 5. The van der Waals surface area contributed by atoms with Gasteiger partial charge in [0.25, 0.3) is 0 Å². The van der Waals surface area contributed by atoms with Crippen LogP contribution < -0.4 is 5.73 Å². The first kappa shape index (κ1) is 13.5. The van der Waals surface area contributed by atoms with E-state index in [1.807, 2.05) is 18.2 Å². The fourth-order valence-corrected chi connectivity index (χ4v) is 1.67. The fourth-order valence-electron chi connectivity index (χ4n) is 1.46. The minimum Gasteiger partial charge on any atom is -0.368 e. The Morgan fingerprint density at radius 3 is 2.71 bits per heavy atom. The van der Waals surface area contributed by atoms with Crippen molar-refractivity contribution in [3.05, 3.63) is 34.9 Å². The lowest BCUT2D eigenvalue weighted by Crippen LogP contribution is -2.35. The largest absolute Gasteiger partial charge is 0.368 e. The molecule has 0 fully saturated rings. The van der Waals surface area contributed by atoms with Crippen LogP contribution in [0.4, 0.5) is 0 Å². The number of amides is 2. The maximum absolute atomic E-state index is 11.6. The van der Waals surface area contributed by atoms with Crippen LogP contribution in [0.2, 0.25) is 5.02 Å². The number of benzene rings is 1. The van der Waals surface area contributed by atoms with E-state index in [0.29, 0.717) is 17.9 Å². The Morgan fingerprint density at radius 2 is 2.12 bits per heavy atom. The van der Waals surface area contributed by atoms with Gasteiger partial charge in [-0.25, -0.2) is 0 Å². The summed E-state index contributed by atoms with van der Waals surface area (Å²) in [6, 6.07) is 7.36. The van der Waals surface area contributed by atoms with Gasteiger partial charge in [0.05, 0.1) is 6.54 Å². The first-order valence-electron chi connectivity index (χ1n) is 5.25. The molecular formula is C12H15ClN2O2. The van der Waals surface area contributed by atoms with Crippen LogP contribution in [-0.2, 0) is 16.0 Å². The lowest BCUT2D eigenvalue weighted by molar-refractivity contribution is -0.133. The third-order valence-corrected chi connectivity index (χ3v) is 2.57. The number of primary amides is 1. The lowest BCUT2D eigenvalue weighted by atomic mass is 10.1. The average Bonchev–Trinajstić information content (AvgIpc) is 2.25. The van der Waals surface area contributed by atoms with Crippen LogP contribution in [0.3, 0.4) is 0 Å². The van der Waals surface area contributed by atoms with E-state index in [0.717, 1.165) is 5.56 Å². The second-order valence-electron chi connectivity index (χ2n) is 3.85. The maximum Gasteiger partial charge on any atom is 0.237 e. The molecule has 5 heteroatoms. The Labute approximate surface area is 105 Å². The summed E-state index contributed by atoms with van der Waals surface area (Å²) >= 11 is 5.84. The molecule has 2 amide bonds. The number of hydrogen-bond acceptors (Lipinski definition) is 2. The zero-order chi connectivity index (χ0) is 12.8. The highest BCUT2D eigenvalue weighted by Gasteiger charge is 2.10. The van der Waals surface area contributed by atoms with Crippen molar-refractivity contribution in [2.45, 2.75) is 12.8 Å². The molecule has 17 heavy (non-hydrogen) atoms. The first-order chi connectivity index (χ1) is 7.99. The third kappa shape index (κ3) is 4.87. The highest BCUT2D eigenvalue weighted by atomic mass is 35.5. The van der Waals surface area contributed by atoms with E-state index in [2.05, 4.69) is 0 Å². The fraction of sp³-hybridized carbons (Fsp3) is 0.333. The van der Waals surface area contributed by atoms with E-state index in [1.54, 1.807) is 13.1 Å². The van der Waals surface area contributed by atoms with Gasteiger partial charge in [-0.3, -0.25) is 9.59 Å². The molecule has 92 valence electrons. The second-order valence-corrected chi connectivity index (χ2v) is 4.28. The van der Waals surface area contributed by atoms with Crippen LogP contribution >= 0.6 is 11.6 Å². The molecular weight excluding hydrogens is 240 g/mol. The standard InChI is InChI=1S/C12H15ClN2O2/c1-15(8-11(14)16)12(17)6-5-9-3-2-4-10(13)7-9/h2-4,7H,5-6,8H2,1H3,(H2,14,16). The molecule has 0 atom stereocenters. The molecule has 1 aromatic carbocycles. The molecule has 4 nitrogen and oxygen atoms in total. The molecule has 1 rings (SSSR count). The number of carbonyl (C=O) groups excluding carboxylic acids is 2. The normalized spacial score (nSPS) is 10.0. The van der Waals surface area contributed by atoms with Crippen molar-refractivity contribution >= 4 is 23.4 Å². The van der Waals surface area contributed by atoms with E-state index in [4.69, 9.17) is 17.3 Å². The number of likely N-dealkylation sites (N-methyl/N-ethyl adjacent to an activating group) is 1. The Kier molecular flexibility index (Phi) is 4.97. The van der Waals surface area contributed by atoms with Crippen molar-refractivity contribution in [3.8, 4) is 0 Å². The van der Waals surface area contributed by atoms with Gasteiger partial charge in [-0.15, -0.1) is 0 Å². The maximum atomic E-state index is 11.6. The summed E-state index contributed by atoms with van der Waals surface area (Å²) in [5, 5.41) is 0.653. The quantitative estimate of drug-likeness (QED) is 0.859. The third-order valence-electron chi connectivity index (χ3n) is 2.34. The van der Waals surface area contributed by atoms with Gasteiger partial charge in [0, 0.05) is 18.5 Å². The van der Waals surface area contributed by atoms with E-state index >= 15 is 0 Å². The number of nitrogens with zero attached hydrogens (tertiary/aromatic N) is 1. The molecule has 0 unspecified atom stereocenters. The highest BCUT2D eigenvalue weighted by molar-refractivity contribution is 6.30. The van der Waals surface area contributed by atoms with Crippen LogP contribution in [0.5, 0.6) is 0 Å². The Hall–Kier alpha value is -1.55. The van der Waals surface area contributed by atoms with Gasteiger partial charge in [-0.1, -0.05) is 23.7 Å². The summed E-state index contributed by atoms with van der Waals surface area (Å²) in [7, 11) is 1.56. The molecule has 0 aliphatic carbocycles. The van der Waals surface area contributed by atoms with Crippen molar-refractivity contribution in [1.82, 2.24) is 4.90 Å². The second kappa shape index (κ2) is 6.25. The average molecular weight is 255 g/mol. The van der Waals surface area contributed by atoms with Gasteiger partial charge in [-0.2, -0.15) is 0 Å². The lowest BCUT2D eigenvalue weighted by Gasteiger charge is -2.14. The van der Waals surface area contributed by atoms with Gasteiger partial charge in [-0.05, 0) is 24.1 Å². The predicted molar refractivity (Wildman–Crippen MR) is 66.6 cm³/mol. The summed E-state index contributed by atoms with van der Waals surface area (Å²) in [5.74, 6) is -0.618. The molecule has 0 aliphatic rings. The Bertz CT molecular complexity index is 421.